The minimum absolute atomic E-state index is 0.350. The monoisotopic (exact) mass is 352 g/mol. The zero-order chi connectivity index (χ0) is 17.7. The van der Waals surface area contributed by atoms with Crippen molar-refractivity contribution >= 4 is 23.4 Å². The van der Waals surface area contributed by atoms with E-state index in [1.165, 1.54) is 0 Å². The molecular weight excluding hydrogens is 336 g/mol. The average molecular weight is 353 g/mol. The molecule has 0 saturated heterocycles. The molecule has 0 bridgehead atoms. The second-order valence-electron chi connectivity index (χ2n) is 5.02. The lowest BCUT2D eigenvalue weighted by Crippen LogP contribution is -2.14. The van der Waals surface area contributed by atoms with Crippen molar-refractivity contribution in [3.8, 4) is 23.7 Å². The maximum atomic E-state index is 11.6. The molecule has 0 unspecified atom stereocenters. The quantitative estimate of drug-likeness (QED) is 0.636. The Labute approximate surface area is 152 Å². The Kier molecular flexibility index (Phi) is 7.91. The minimum Gasteiger partial charge on any atom is -0.449 e. The van der Waals surface area contributed by atoms with Gasteiger partial charge in [-0.2, -0.15) is 0 Å². The van der Waals surface area contributed by atoms with Crippen LogP contribution >= 0.6 is 11.6 Å². The highest BCUT2D eigenvalue weighted by molar-refractivity contribution is 6.30. The highest BCUT2D eigenvalue weighted by Crippen LogP contribution is 2.13. The van der Waals surface area contributed by atoms with Crippen molar-refractivity contribution in [2.45, 2.75) is 19.3 Å². The summed E-state index contributed by atoms with van der Waals surface area (Å²) in [6.07, 6.45) is 5.23. The molecule has 5 heteroatoms. The van der Waals surface area contributed by atoms with Gasteiger partial charge in [-0.3, -0.25) is 10.3 Å². The standard InChI is InChI=1S/C20H17ClN2O2/c21-18-10-12-19(13-11-18)23-20(24)25-15-6-4-2-1-3-5-8-17-9-7-14-22-16-17/h7,9-14,16H,2,4,6,15H2,(H,23,24). The Bertz CT molecular complexity index is 797. The van der Waals surface area contributed by atoms with Gasteiger partial charge in [0.25, 0.3) is 0 Å². The lowest BCUT2D eigenvalue weighted by molar-refractivity contribution is 0.159. The summed E-state index contributed by atoms with van der Waals surface area (Å²) in [7, 11) is 0. The number of anilines is 1. The summed E-state index contributed by atoms with van der Waals surface area (Å²) < 4.78 is 5.10. The van der Waals surface area contributed by atoms with Crippen LogP contribution in [0.15, 0.2) is 48.8 Å². The number of unbranched alkanes of at least 4 members (excludes halogenated alkanes) is 2. The van der Waals surface area contributed by atoms with Crippen molar-refractivity contribution in [2.75, 3.05) is 11.9 Å². The number of amides is 1. The lowest BCUT2D eigenvalue weighted by atomic mass is 10.2. The molecule has 0 atom stereocenters. The molecule has 1 N–H and O–H groups in total. The fraction of sp³-hybridized carbons (Fsp3) is 0.200. The summed E-state index contributed by atoms with van der Waals surface area (Å²) in [5.74, 6) is 11.5. The SMILES string of the molecule is O=C(Nc1ccc(Cl)cc1)OCCCCC#CC#Cc1cccnc1. The van der Waals surface area contributed by atoms with E-state index < -0.39 is 6.09 Å². The number of ether oxygens (including phenoxy) is 1. The van der Waals surface area contributed by atoms with Crippen LogP contribution in [0.4, 0.5) is 10.5 Å². The Morgan fingerprint density at radius 3 is 2.76 bits per heavy atom. The van der Waals surface area contributed by atoms with Crippen LogP contribution in [-0.4, -0.2) is 17.7 Å². The maximum absolute atomic E-state index is 11.6. The number of pyridine rings is 1. The van der Waals surface area contributed by atoms with Gasteiger partial charge in [0.1, 0.15) is 0 Å². The number of rotatable bonds is 5. The first-order chi connectivity index (χ1) is 12.2. The zero-order valence-corrected chi connectivity index (χ0v) is 14.3. The number of hydrogen-bond acceptors (Lipinski definition) is 3. The van der Waals surface area contributed by atoms with Gasteiger partial charge in [-0.1, -0.05) is 23.4 Å². The predicted octanol–water partition coefficient (Wildman–Crippen LogP) is 4.51. The van der Waals surface area contributed by atoms with Crippen LogP contribution in [0.2, 0.25) is 5.02 Å². The third-order valence-corrected chi connectivity index (χ3v) is 3.29. The van der Waals surface area contributed by atoms with E-state index in [-0.39, 0.29) is 0 Å². The van der Waals surface area contributed by atoms with Crippen LogP contribution in [0.25, 0.3) is 0 Å². The Hall–Kier alpha value is -2.95. The summed E-state index contributed by atoms with van der Waals surface area (Å²) in [5, 5.41) is 3.25. The molecule has 1 amide bonds. The van der Waals surface area contributed by atoms with Crippen molar-refractivity contribution in [3.05, 3.63) is 59.4 Å². The molecule has 0 aliphatic carbocycles. The largest absolute Gasteiger partial charge is 0.449 e. The molecule has 0 fully saturated rings. The lowest BCUT2D eigenvalue weighted by Gasteiger charge is -2.06. The van der Waals surface area contributed by atoms with E-state index in [1.54, 1.807) is 36.7 Å². The molecule has 126 valence electrons. The van der Waals surface area contributed by atoms with Gasteiger partial charge in [0, 0.05) is 35.1 Å². The minimum atomic E-state index is -0.476. The van der Waals surface area contributed by atoms with E-state index in [1.807, 2.05) is 12.1 Å². The number of hydrogen-bond donors (Lipinski definition) is 1. The van der Waals surface area contributed by atoms with Crippen LogP contribution < -0.4 is 5.32 Å². The smallest absolute Gasteiger partial charge is 0.411 e. The summed E-state index contributed by atoms with van der Waals surface area (Å²) in [6.45, 7) is 0.350. The Morgan fingerprint density at radius 1 is 1.16 bits per heavy atom. The first-order valence-corrected chi connectivity index (χ1v) is 8.20. The van der Waals surface area contributed by atoms with E-state index in [4.69, 9.17) is 16.3 Å². The third-order valence-electron chi connectivity index (χ3n) is 3.04. The number of nitrogens with zero attached hydrogens (tertiary/aromatic N) is 1. The summed E-state index contributed by atoms with van der Waals surface area (Å²) in [5.41, 5.74) is 1.49. The van der Waals surface area contributed by atoms with E-state index in [9.17, 15) is 4.79 Å². The topological polar surface area (TPSA) is 51.2 Å². The van der Waals surface area contributed by atoms with E-state index in [0.717, 1.165) is 18.4 Å². The zero-order valence-electron chi connectivity index (χ0n) is 13.6. The number of aromatic nitrogens is 1. The molecule has 1 aromatic heterocycles. The molecule has 0 radical (unpaired) electrons. The third kappa shape index (κ3) is 7.92. The van der Waals surface area contributed by atoms with Gasteiger partial charge < -0.3 is 4.74 Å². The highest BCUT2D eigenvalue weighted by atomic mass is 35.5. The van der Waals surface area contributed by atoms with Crippen LogP contribution in [0, 0.1) is 23.7 Å². The highest BCUT2D eigenvalue weighted by Gasteiger charge is 2.02. The molecule has 25 heavy (non-hydrogen) atoms. The summed E-state index contributed by atoms with van der Waals surface area (Å²) in [6, 6.07) is 10.5. The van der Waals surface area contributed by atoms with Gasteiger partial charge in [0.05, 0.1) is 6.61 Å². The molecule has 0 saturated carbocycles. The number of carbonyl (C=O) groups is 1. The van der Waals surface area contributed by atoms with Crippen LogP contribution in [0.5, 0.6) is 0 Å². The Balaban J connectivity index is 1.56. The number of halogens is 1. The molecule has 4 nitrogen and oxygen atoms in total. The van der Waals surface area contributed by atoms with Crippen molar-refractivity contribution in [1.82, 2.24) is 4.98 Å². The fourth-order valence-corrected chi connectivity index (χ4v) is 1.94. The molecule has 0 aliphatic heterocycles. The first kappa shape index (κ1) is 18.4. The first-order valence-electron chi connectivity index (χ1n) is 7.82. The van der Waals surface area contributed by atoms with Crippen molar-refractivity contribution in [2.24, 2.45) is 0 Å². The van der Waals surface area contributed by atoms with Crippen LogP contribution in [-0.2, 0) is 4.74 Å². The van der Waals surface area contributed by atoms with Gasteiger partial charge in [-0.25, -0.2) is 4.79 Å². The van der Waals surface area contributed by atoms with Gasteiger partial charge in [-0.15, -0.1) is 0 Å². The van der Waals surface area contributed by atoms with Gasteiger partial charge in [0.15, 0.2) is 0 Å². The summed E-state index contributed by atoms with van der Waals surface area (Å²) >= 11 is 5.78. The molecular formula is C20H17ClN2O2. The fourth-order valence-electron chi connectivity index (χ4n) is 1.81. The second-order valence-corrected chi connectivity index (χ2v) is 5.45. The van der Waals surface area contributed by atoms with E-state index in [0.29, 0.717) is 23.7 Å². The number of carbonyl (C=O) groups excluding carboxylic acids is 1. The molecule has 1 heterocycles. The Morgan fingerprint density at radius 2 is 2.00 bits per heavy atom. The second kappa shape index (κ2) is 10.8. The normalized spacial score (nSPS) is 9.16. The van der Waals surface area contributed by atoms with E-state index >= 15 is 0 Å². The maximum Gasteiger partial charge on any atom is 0.411 e. The summed E-state index contributed by atoms with van der Waals surface area (Å²) in [4.78, 5) is 15.6. The molecule has 0 aliphatic rings. The van der Waals surface area contributed by atoms with Crippen molar-refractivity contribution in [3.63, 3.8) is 0 Å². The molecule has 1 aromatic carbocycles. The van der Waals surface area contributed by atoms with Crippen molar-refractivity contribution in [1.29, 1.82) is 0 Å². The van der Waals surface area contributed by atoms with E-state index in [2.05, 4.69) is 34.0 Å². The van der Waals surface area contributed by atoms with Gasteiger partial charge in [0.2, 0.25) is 0 Å². The van der Waals surface area contributed by atoms with Crippen LogP contribution in [0.1, 0.15) is 24.8 Å². The predicted molar refractivity (Wildman–Crippen MR) is 99.2 cm³/mol. The molecule has 2 rings (SSSR count). The van der Waals surface area contributed by atoms with Crippen LogP contribution in [0.3, 0.4) is 0 Å². The molecule has 0 spiro atoms. The number of nitrogens with one attached hydrogen (secondary N) is 1. The molecule has 2 aromatic rings. The van der Waals surface area contributed by atoms with Crippen molar-refractivity contribution < 1.29 is 9.53 Å². The number of benzene rings is 1. The average Bonchev–Trinajstić information content (AvgIpc) is 2.63. The van der Waals surface area contributed by atoms with Gasteiger partial charge >= 0.3 is 6.09 Å². The van der Waals surface area contributed by atoms with Gasteiger partial charge in [-0.05, 0) is 61.1 Å².